The van der Waals surface area contributed by atoms with Gasteiger partial charge in [-0.15, -0.1) is 0 Å². The predicted octanol–water partition coefficient (Wildman–Crippen LogP) is 2.26. The van der Waals surface area contributed by atoms with E-state index in [4.69, 9.17) is 11.6 Å². The van der Waals surface area contributed by atoms with E-state index in [1.165, 1.54) is 31.2 Å². The number of amides is 2. The highest BCUT2D eigenvalue weighted by atomic mass is 35.5. The Bertz CT molecular complexity index is 1050. The highest BCUT2D eigenvalue weighted by Crippen LogP contribution is 2.32. The van der Waals surface area contributed by atoms with Crippen LogP contribution < -0.4 is 0 Å². The lowest BCUT2D eigenvalue weighted by Crippen LogP contribution is -2.49. The second kappa shape index (κ2) is 6.91. The molecule has 1 fully saturated rings. The molecule has 0 aliphatic carbocycles. The molecule has 1 aromatic rings. The Balaban J connectivity index is 2.15. The minimum Gasteiger partial charge on any atom is -0.270 e. The van der Waals surface area contributed by atoms with Crippen molar-refractivity contribution in [2.45, 2.75) is 19.4 Å². The largest absolute Gasteiger partial charge is 0.271 e. The molecule has 1 atom stereocenters. The molecule has 0 N–H and O–H groups in total. The first kappa shape index (κ1) is 19.3. The molecule has 2 aliphatic rings. The first-order valence-electron chi connectivity index (χ1n) is 8.01. The van der Waals surface area contributed by atoms with Crippen LogP contribution in [0.1, 0.15) is 18.9 Å². The SMILES string of the molecule is CC1=C(C#N)C(=O)N(C2CCS(=O)(=O)C2)C(=O)C1=Cc1c(F)cccc1Cl. The van der Waals surface area contributed by atoms with Gasteiger partial charge in [0.15, 0.2) is 9.84 Å². The molecule has 2 heterocycles. The molecule has 3 rings (SSSR count). The van der Waals surface area contributed by atoms with Gasteiger partial charge in [-0.25, -0.2) is 12.8 Å². The van der Waals surface area contributed by atoms with Crippen LogP contribution in [0.15, 0.2) is 34.9 Å². The Labute approximate surface area is 160 Å². The summed E-state index contributed by atoms with van der Waals surface area (Å²) in [5.41, 5.74) is -0.295. The zero-order valence-corrected chi connectivity index (χ0v) is 15.8. The summed E-state index contributed by atoms with van der Waals surface area (Å²) in [5.74, 6) is -2.76. The van der Waals surface area contributed by atoms with E-state index in [9.17, 15) is 27.7 Å². The first-order chi connectivity index (χ1) is 12.7. The van der Waals surface area contributed by atoms with Crippen molar-refractivity contribution >= 4 is 39.3 Å². The molecule has 6 nitrogen and oxygen atoms in total. The molecule has 2 aliphatic heterocycles. The summed E-state index contributed by atoms with van der Waals surface area (Å²) in [4.78, 5) is 26.4. The number of halogens is 2. The topological polar surface area (TPSA) is 95.3 Å². The number of hydrogen-bond donors (Lipinski definition) is 0. The summed E-state index contributed by atoms with van der Waals surface area (Å²) in [6.07, 6.45) is 1.29. The Morgan fingerprint density at radius 3 is 2.59 bits per heavy atom. The van der Waals surface area contributed by atoms with Crippen LogP contribution in [-0.2, 0) is 19.4 Å². The molecular weight excluding hydrogens is 395 g/mol. The van der Waals surface area contributed by atoms with E-state index in [0.717, 1.165) is 4.90 Å². The molecule has 9 heteroatoms. The van der Waals surface area contributed by atoms with Gasteiger partial charge < -0.3 is 0 Å². The van der Waals surface area contributed by atoms with E-state index < -0.39 is 33.5 Å². The molecule has 1 aromatic carbocycles. The molecule has 0 radical (unpaired) electrons. The van der Waals surface area contributed by atoms with E-state index >= 15 is 0 Å². The lowest BCUT2D eigenvalue weighted by atomic mass is 9.92. The van der Waals surface area contributed by atoms with Crippen molar-refractivity contribution in [3.8, 4) is 6.07 Å². The number of sulfone groups is 1. The third kappa shape index (κ3) is 3.40. The lowest BCUT2D eigenvalue weighted by molar-refractivity contribution is -0.142. The summed E-state index contributed by atoms with van der Waals surface area (Å²) >= 11 is 6.01. The third-order valence-corrected chi connectivity index (χ3v) is 6.71. The van der Waals surface area contributed by atoms with Crippen LogP contribution in [0.25, 0.3) is 6.08 Å². The molecule has 0 spiro atoms. The van der Waals surface area contributed by atoms with Crippen molar-refractivity contribution in [3.05, 3.63) is 51.3 Å². The average molecular weight is 409 g/mol. The summed E-state index contributed by atoms with van der Waals surface area (Å²) in [6, 6.07) is 4.93. The lowest BCUT2D eigenvalue weighted by Gasteiger charge is -2.31. The zero-order chi connectivity index (χ0) is 19.9. The van der Waals surface area contributed by atoms with Crippen molar-refractivity contribution in [1.29, 1.82) is 5.26 Å². The maximum Gasteiger partial charge on any atom is 0.271 e. The quantitative estimate of drug-likeness (QED) is 0.552. The number of nitrogens with zero attached hydrogens (tertiary/aromatic N) is 2. The van der Waals surface area contributed by atoms with E-state index in [-0.39, 0.29) is 45.2 Å². The van der Waals surface area contributed by atoms with Gasteiger partial charge in [-0.2, -0.15) is 5.26 Å². The number of benzene rings is 1. The van der Waals surface area contributed by atoms with Gasteiger partial charge >= 0.3 is 0 Å². The van der Waals surface area contributed by atoms with Crippen LogP contribution in [0.2, 0.25) is 5.02 Å². The molecular formula is C18H14ClFN2O4S. The second-order valence-electron chi connectivity index (χ2n) is 6.34. The monoisotopic (exact) mass is 408 g/mol. The fourth-order valence-corrected chi connectivity index (χ4v) is 5.12. The van der Waals surface area contributed by atoms with Crippen molar-refractivity contribution in [2.75, 3.05) is 11.5 Å². The van der Waals surface area contributed by atoms with Crippen LogP contribution >= 0.6 is 11.6 Å². The molecule has 0 aromatic heterocycles. The molecule has 2 amide bonds. The number of imide groups is 1. The van der Waals surface area contributed by atoms with Gasteiger partial charge in [0.05, 0.1) is 22.6 Å². The molecule has 0 bridgehead atoms. The van der Waals surface area contributed by atoms with E-state index in [2.05, 4.69) is 0 Å². The number of nitriles is 1. The van der Waals surface area contributed by atoms with E-state index in [0.29, 0.717) is 0 Å². The fourth-order valence-electron chi connectivity index (χ4n) is 3.20. The number of carbonyl (C=O) groups is 2. The predicted molar refractivity (Wildman–Crippen MR) is 96.6 cm³/mol. The maximum atomic E-state index is 14.1. The smallest absolute Gasteiger partial charge is 0.270 e. The van der Waals surface area contributed by atoms with Crippen molar-refractivity contribution < 1.29 is 22.4 Å². The van der Waals surface area contributed by atoms with Crippen LogP contribution in [0.4, 0.5) is 4.39 Å². The number of rotatable bonds is 2. The first-order valence-corrected chi connectivity index (χ1v) is 10.2. The Morgan fingerprint density at radius 2 is 2.04 bits per heavy atom. The van der Waals surface area contributed by atoms with Crippen molar-refractivity contribution in [1.82, 2.24) is 4.90 Å². The van der Waals surface area contributed by atoms with Gasteiger partial charge in [0, 0.05) is 11.1 Å². The second-order valence-corrected chi connectivity index (χ2v) is 8.98. The Kier molecular flexibility index (Phi) is 4.93. The third-order valence-electron chi connectivity index (χ3n) is 4.63. The fraction of sp³-hybridized carbons (Fsp3) is 0.278. The number of carbonyl (C=O) groups excluding carboxylic acids is 2. The van der Waals surface area contributed by atoms with E-state index in [1.807, 2.05) is 0 Å². The molecule has 27 heavy (non-hydrogen) atoms. The van der Waals surface area contributed by atoms with Crippen molar-refractivity contribution in [2.24, 2.45) is 0 Å². The highest BCUT2D eigenvalue weighted by molar-refractivity contribution is 7.91. The molecule has 1 saturated heterocycles. The van der Waals surface area contributed by atoms with Crippen LogP contribution in [0, 0.1) is 17.1 Å². The van der Waals surface area contributed by atoms with Gasteiger partial charge in [-0.3, -0.25) is 14.5 Å². The average Bonchev–Trinajstić information content (AvgIpc) is 2.94. The summed E-state index contributed by atoms with van der Waals surface area (Å²) in [6.45, 7) is 1.41. The maximum absolute atomic E-state index is 14.1. The van der Waals surface area contributed by atoms with Gasteiger partial charge in [0.25, 0.3) is 11.8 Å². The molecule has 1 unspecified atom stereocenters. The normalized spacial score (nSPS) is 23.9. The standard InChI is InChI=1S/C18H14ClFN2O4S/c1-10-12(7-13-15(19)3-2-4-16(13)20)17(23)22(18(24)14(10)8-21)11-5-6-27(25,26)9-11/h2-4,7,11H,5-6,9H2,1H3. The summed E-state index contributed by atoms with van der Waals surface area (Å²) in [5, 5.41) is 9.43. The minimum atomic E-state index is -3.36. The van der Waals surface area contributed by atoms with Gasteiger partial charge in [0.2, 0.25) is 0 Å². The van der Waals surface area contributed by atoms with Gasteiger partial charge in [-0.1, -0.05) is 17.7 Å². The van der Waals surface area contributed by atoms with E-state index in [1.54, 1.807) is 6.07 Å². The molecule has 140 valence electrons. The van der Waals surface area contributed by atoms with Gasteiger partial charge in [0.1, 0.15) is 17.5 Å². The summed E-state index contributed by atoms with van der Waals surface area (Å²) in [7, 11) is -3.36. The van der Waals surface area contributed by atoms with Crippen LogP contribution in [0.3, 0.4) is 0 Å². The number of hydrogen-bond acceptors (Lipinski definition) is 5. The van der Waals surface area contributed by atoms with Gasteiger partial charge in [-0.05, 0) is 37.1 Å². The zero-order valence-electron chi connectivity index (χ0n) is 14.2. The highest BCUT2D eigenvalue weighted by Gasteiger charge is 2.43. The minimum absolute atomic E-state index is 0.0486. The summed E-state index contributed by atoms with van der Waals surface area (Å²) < 4.78 is 37.7. The van der Waals surface area contributed by atoms with Crippen molar-refractivity contribution in [3.63, 3.8) is 0 Å². The van der Waals surface area contributed by atoms with Crippen LogP contribution in [-0.4, -0.2) is 42.7 Å². The molecule has 0 saturated carbocycles. The Hall–Kier alpha value is -2.50. The van der Waals surface area contributed by atoms with Crippen LogP contribution in [0.5, 0.6) is 0 Å². The Morgan fingerprint density at radius 1 is 1.33 bits per heavy atom.